The van der Waals surface area contributed by atoms with Crippen molar-refractivity contribution in [1.29, 1.82) is 0 Å². The first kappa shape index (κ1) is 25.9. The molecule has 0 unspecified atom stereocenters. The van der Waals surface area contributed by atoms with Crippen molar-refractivity contribution in [2.24, 2.45) is 0 Å². The van der Waals surface area contributed by atoms with Crippen LogP contribution in [-0.4, -0.2) is 84.0 Å². The third-order valence-electron chi connectivity index (χ3n) is 5.98. The third kappa shape index (κ3) is 7.41. The molecule has 2 aliphatic heterocycles. The van der Waals surface area contributed by atoms with E-state index in [0.29, 0.717) is 41.6 Å². The fourth-order valence-electron chi connectivity index (χ4n) is 4.04. The SMILES string of the molecule is CN(C)C/C=C/C(=O)Nc1cccc(Nc2nc(NC3=CN(C4CCN(C)CC4)NC3)ncc2Cl)c1. The van der Waals surface area contributed by atoms with Crippen molar-refractivity contribution in [3.63, 3.8) is 0 Å². The lowest BCUT2D eigenvalue weighted by Gasteiger charge is -2.34. The number of carbonyl (C=O) groups is 1. The Kier molecular flexibility index (Phi) is 8.76. The van der Waals surface area contributed by atoms with Crippen LogP contribution in [0.3, 0.4) is 0 Å². The molecule has 1 aromatic heterocycles. The van der Waals surface area contributed by atoms with Gasteiger partial charge in [-0.25, -0.2) is 10.4 Å². The van der Waals surface area contributed by atoms with Gasteiger partial charge in [-0.3, -0.25) is 4.79 Å². The first-order valence-corrected chi connectivity index (χ1v) is 12.4. The van der Waals surface area contributed by atoms with Crippen LogP contribution in [0.2, 0.25) is 5.02 Å². The average molecular weight is 512 g/mol. The van der Waals surface area contributed by atoms with Crippen LogP contribution in [0.5, 0.6) is 0 Å². The van der Waals surface area contributed by atoms with Crippen molar-refractivity contribution in [2.45, 2.75) is 18.9 Å². The van der Waals surface area contributed by atoms with Gasteiger partial charge in [0.25, 0.3) is 0 Å². The van der Waals surface area contributed by atoms with E-state index >= 15 is 0 Å². The number of likely N-dealkylation sites (N-methyl/N-ethyl adjacent to an activating group) is 1. The summed E-state index contributed by atoms with van der Waals surface area (Å²) in [6, 6.07) is 7.87. The summed E-state index contributed by atoms with van der Waals surface area (Å²) in [5.74, 6) is 0.742. The minimum absolute atomic E-state index is 0.187. The van der Waals surface area contributed by atoms with Crippen molar-refractivity contribution in [1.82, 2.24) is 30.2 Å². The Morgan fingerprint density at radius 2 is 2.03 bits per heavy atom. The van der Waals surface area contributed by atoms with E-state index in [4.69, 9.17) is 11.6 Å². The lowest BCUT2D eigenvalue weighted by molar-refractivity contribution is -0.111. The van der Waals surface area contributed by atoms with Crippen LogP contribution in [-0.2, 0) is 4.79 Å². The Balaban J connectivity index is 1.37. The molecule has 1 aromatic carbocycles. The molecule has 2 aromatic rings. The number of halogens is 1. The lowest BCUT2D eigenvalue weighted by atomic mass is 10.1. The summed E-state index contributed by atoms with van der Waals surface area (Å²) in [4.78, 5) is 25.4. The summed E-state index contributed by atoms with van der Waals surface area (Å²) in [6.07, 6.45) is 9.27. The molecule has 1 amide bonds. The number of hydrogen-bond acceptors (Lipinski definition) is 9. The maximum atomic E-state index is 12.2. The first-order chi connectivity index (χ1) is 17.4. The largest absolute Gasteiger partial charge is 0.339 e. The van der Waals surface area contributed by atoms with Crippen LogP contribution < -0.4 is 21.4 Å². The molecule has 11 heteroatoms. The Hall–Kier alpha value is -3.18. The van der Waals surface area contributed by atoms with Crippen molar-refractivity contribution in [3.8, 4) is 0 Å². The van der Waals surface area contributed by atoms with E-state index in [1.165, 1.54) is 6.08 Å². The minimum atomic E-state index is -0.187. The first-order valence-electron chi connectivity index (χ1n) is 12.1. The number of hydrazine groups is 1. The van der Waals surface area contributed by atoms with Gasteiger partial charge in [-0.2, -0.15) is 4.98 Å². The number of amides is 1. The number of carbonyl (C=O) groups excluding carboxylic acids is 1. The van der Waals surface area contributed by atoms with Crippen LogP contribution >= 0.6 is 11.6 Å². The van der Waals surface area contributed by atoms with Crippen LogP contribution in [0.15, 0.2) is 54.5 Å². The van der Waals surface area contributed by atoms with Gasteiger partial charge in [-0.15, -0.1) is 0 Å². The number of aromatic nitrogens is 2. The number of hydrogen-bond donors (Lipinski definition) is 4. The molecule has 192 valence electrons. The number of likely N-dealkylation sites (tertiary alicyclic amines) is 1. The Bertz CT molecular complexity index is 1110. The third-order valence-corrected chi connectivity index (χ3v) is 6.25. The Morgan fingerprint density at radius 1 is 1.25 bits per heavy atom. The zero-order valence-corrected chi connectivity index (χ0v) is 21.7. The van der Waals surface area contributed by atoms with E-state index in [1.54, 1.807) is 6.20 Å². The number of piperidine rings is 1. The highest BCUT2D eigenvalue weighted by atomic mass is 35.5. The second-order valence-corrected chi connectivity index (χ2v) is 9.71. The molecule has 0 saturated carbocycles. The van der Waals surface area contributed by atoms with Gasteiger partial charge in [-0.1, -0.05) is 23.7 Å². The molecule has 0 radical (unpaired) electrons. The molecule has 2 aliphatic rings. The summed E-state index contributed by atoms with van der Waals surface area (Å²) in [5.41, 5.74) is 5.84. The average Bonchev–Trinajstić information content (AvgIpc) is 3.30. The lowest BCUT2D eigenvalue weighted by Crippen LogP contribution is -2.45. The van der Waals surface area contributed by atoms with Gasteiger partial charge in [0, 0.05) is 36.2 Å². The van der Waals surface area contributed by atoms with Gasteiger partial charge < -0.3 is 30.8 Å². The summed E-state index contributed by atoms with van der Waals surface area (Å²) < 4.78 is 0. The predicted molar refractivity (Wildman–Crippen MR) is 145 cm³/mol. The highest BCUT2D eigenvalue weighted by Crippen LogP contribution is 2.26. The van der Waals surface area contributed by atoms with Gasteiger partial charge in [-0.05, 0) is 65.3 Å². The Morgan fingerprint density at radius 3 is 2.81 bits per heavy atom. The molecule has 36 heavy (non-hydrogen) atoms. The molecule has 4 N–H and O–H groups in total. The molecule has 1 saturated heterocycles. The standard InChI is InChI=1S/C25H34ClN9O/c1-33(2)11-5-8-23(36)29-18-6-4-7-19(14-18)30-24-22(26)16-27-25(32-24)31-20-15-28-35(17-20)21-9-12-34(3)13-10-21/h4-8,14,16-17,21,28H,9-13,15H2,1-3H3,(H,29,36)(H2,27,30,31,32)/b8-5+. The van der Waals surface area contributed by atoms with Crippen LogP contribution in [0, 0.1) is 0 Å². The summed E-state index contributed by atoms with van der Waals surface area (Å²) in [7, 11) is 6.06. The topological polar surface area (TPSA) is 101 Å². The van der Waals surface area contributed by atoms with Gasteiger partial charge in [0.1, 0.15) is 5.02 Å². The molecular formula is C25H34ClN9O. The molecule has 0 atom stereocenters. The van der Waals surface area contributed by atoms with Crippen molar-refractivity contribution < 1.29 is 4.79 Å². The highest BCUT2D eigenvalue weighted by Gasteiger charge is 2.24. The Labute approximate surface area is 217 Å². The van der Waals surface area contributed by atoms with E-state index in [-0.39, 0.29) is 5.91 Å². The summed E-state index contributed by atoms with van der Waals surface area (Å²) in [5, 5.41) is 12.0. The van der Waals surface area contributed by atoms with Gasteiger partial charge in [0.2, 0.25) is 11.9 Å². The van der Waals surface area contributed by atoms with E-state index in [0.717, 1.165) is 37.3 Å². The molecule has 10 nitrogen and oxygen atoms in total. The molecule has 3 heterocycles. The molecular weight excluding hydrogens is 478 g/mol. The molecule has 0 spiro atoms. The molecule has 1 fully saturated rings. The maximum absolute atomic E-state index is 12.2. The van der Waals surface area contributed by atoms with Crippen molar-refractivity contribution in [3.05, 3.63) is 59.5 Å². The van der Waals surface area contributed by atoms with Gasteiger partial charge in [0.15, 0.2) is 5.82 Å². The number of nitrogens with one attached hydrogen (secondary N) is 4. The second kappa shape index (κ2) is 12.2. The van der Waals surface area contributed by atoms with Crippen LogP contribution in [0.4, 0.5) is 23.1 Å². The maximum Gasteiger partial charge on any atom is 0.248 e. The van der Waals surface area contributed by atoms with Crippen molar-refractivity contribution >= 4 is 40.6 Å². The zero-order chi connectivity index (χ0) is 25.5. The van der Waals surface area contributed by atoms with Gasteiger partial charge in [0.05, 0.1) is 18.4 Å². The van der Waals surface area contributed by atoms with Crippen LogP contribution in [0.25, 0.3) is 0 Å². The number of rotatable bonds is 9. The number of anilines is 4. The zero-order valence-electron chi connectivity index (χ0n) is 21.0. The number of benzene rings is 1. The normalized spacial score (nSPS) is 17.0. The number of nitrogens with zero attached hydrogens (tertiary/aromatic N) is 5. The second-order valence-electron chi connectivity index (χ2n) is 9.31. The summed E-state index contributed by atoms with van der Waals surface area (Å²) >= 11 is 6.37. The van der Waals surface area contributed by atoms with E-state index < -0.39 is 0 Å². The van der Waals surface area contributed by atoms with E-state index in [2.05, 4.69) is 54.5 Å². The highest BCUT2D eigenvalue weighted by molar-refractivity contribution is 6.32. The molecule has 4 rings (SSSR count). The minimum Gasteiger partial charge on any atom is -0.339 e. The van der Waals surface area contributed by atoms with Crippen LogP contribution in [0.1, 0.15) is 12.8 Å². The monoisotopic (exact) mass is 511 g/mol. The van der Waals surface area contributed by atoms with E-state index in [9.17, 15) is 4.79 Å². The van der Waals surface area contributed by atoms with Crippen molar-refractivity contribution in [2.75, 3.05) is 63.3 Å². The fraction of sp³-hybridized carbons (Fsp3) is 0.400. The van der Waals surface area contributed by atoms with Gasteiger partial charge >= 0.3 is 0 Å². The fourth-order valence-corrected chi connectivity index (χ4v) is 4.18. The molecule has 0 bridgehead atoms. The summed E-state index contributed by atoms with van der Waals surface area (Å²) in [6.45, 7) is 3.59. The quantitative estimate of drug-likeness (QED) is 0.378. The smallest absolute Gasteiger partial charge is 0.248 e. The predicted octanol–water partition coefficient (Wildman–Crippen LogP) is 3.10. The van der Waals surface area contributed by atoms with E-state index in [1.807, 2.05) is 49.3 Å². The molecule has 0 aliphatic carbocycles.